The van der Waals surface area contributed by atoms with Crippen molar-refractivity contribution in [2.24, 2.45) is 7.05 Å². The Morgan fingerprint density at radius 1 is 1.07 bits per heavy atom. The van der Waals surface area contributed by atoms with E-state index in [1.54, 1.807) is 11.8 Å². The quantitative estimate of drug-likeness (QED) is 0.621. The van der Waals surface area contributed by atoms with Gasteiger partial charge in [0.25, 0.3) is 0 Å². The molecule has 2 heterocycles. The Hall–Kier alpha value is -2.82. The minimum atomic E-state index is 0.694. The van der Waals surface area contributed by atoms with Gasteiger partial charge in [0.15, 0.2) is 5.16 Å². The van der Waals surface area contributed by atoms with Crippen molar-refractivity contribution in [3.05, 3.63) is 59.7 Å². The molecule has 1 aliphatic rings. The molecule has 1 fully saturated rings. The third-order valence-corrected chi connectivity index (χ3v) is 5.88. The number of aromatic nitrogens is 3. The fourth-order valence-corrected chi connectivity index (χ4v) is 4.09. The summed E-state index contributed by atoms with van der Waals surface area (Å²) in [4.78, 5) is 2.21. The molecule has 0 bridgehead atoms. The van der Waals surface area contributed by atoms with Crippen molar-refractivity contribution in [2.45, 2.75) is 10.9 Å². The molecule has 4 rings (SSSR count). The minimum Gasteiger partial charge on any atom is -0.378 e. The van der Waals surface area contributed by atoms with Crippen molar-refractivity contribution < 1.29 is 4.74 Å². The predicted octanol–water partition coefficient (Wildman–Crippen LogP) is 3.48. The van der Waals surface area contributed by atoms with Crippen LogP contribution in [0.2, 0.25) is 0 Å². The third-order valence-electron chi connectivity index (χ3n) is 4.79. The van der Waals surface area contributed by atoms with Gasteiger partial charge in [0.1, 0.15) is 0 Å². The lowest BCUT2D eigenvalue weighted by atomic mass is 10.00. The van der Waals surface area contributed by atoms with Gasteiger partial charge in [-0.2, -0.15) is 5.26 Å². The first-order chi connectivity index (χ1) is 13.8. The second-order valence-corrected chi connectivity index (χ2v) is 7.53. The molecule has 0 amide bonds. The lowest BCUT2D eigenvalue weighted by molar-refractivity contribution is 0.121. The molecule has 0 atom stereocenters. The summed E-state index contributed by atoms with van der Waals surface area (Å²) in [6.45, 7) is 3.16. The highest BCUT2D eigenvalue weighted by Gasteiger charge is 2.18. The SMILES string of the molecule is Cn1c(SCc2ccc(-c3ccccc3C#N)cc2)nnc1N1CCOCC1. The van der Waals surface area contributed by atoms with Crippen LogP contribution in [-0.4, -0.2) is 41.1 Å². The molecular formula is C21H21N5OS. The van der Waals surface area contributed by atoms with Crippen LogP contribution in [-0.2, 0) is 17.5 Å². The summed E-state index contributed by atoms with van der Waals surface area (Å²) in [5.41, 5.74) is 3.92. The van der Waals surface area contributed by atoms with E-state index in [1.807, 2.05) is 35.9 Å². The van der Waals surface area contributed by atoms with Crippen LogP contribution >= 0.6 is 11.8 Å². The van der Waals surface area contributed by atoms with Gasteiger partial charge in [-0.1, -0.05) is 54.2 Å². The van der Waals surface area contributed by atoms with Crippen LogP contribution in [0.15, 0.2) is 53.7 Å². The maximum absolute atomic E-state index is 9.29. The molecule has 0 N–H and O–H groups in total. The zero-order valence-corrected chi connectivity index (χ0v) is 16.5. The van der Waals surface area contributed by atoms with Crippen LogP contribution in [0.4, 0.5) is 5.95 Å². The van der Waals surface area contributed by atoms with Crippen molar-refractivity contribution in [1.82, 2.24) is 14.8 Å². The van der Waals surface area contributed by atoms with Crippen LogP contribution in [0.1, 0.15) is 11.1 Å². The number of morpholine rings is 1. The molecule has 1 aromatic heterocycles. The van der Waals surface area contributed by atoms with Gasteiger partial charge in [-0.3, -0.25) is 4.57 Å². The molecule has 0 unspecified atom stereocenters. The topological polar surface area (TPSA) is 67.0 Å². The Morgan fingerprint density at radius 2 is 1.82 bits per heavy atom. The van der Waals surface area contributed by atoms with E-state index >= 15 is 0 Å². The molecule has 3 aromatic rings. The first kappa shape index (κ1) is 18.5. The Labute approximate surface area is 168 Å². The van der Waals surface area contributed by atoms with Crippen molar-refractivity contribution >= 4 is 17.7 Å². The second-order valence-electron chi connectivity index (χ2n) is 6.58. The van der Waals surface area contributed by atoms with Crippen LogP contribution < -0.4 is 4.90 Å². The molecule has 1 saturated heterocycles. The van der Waals surface area contributed by atoms with E-state index in [4.69, 9.17) is 4.74 Å². The van der Waals surface area contributed by atoms with Gasteiger partial charge in [0, 0.05) is 25.9 Å². The monoisotopic (exact) mass is 391 g/mol. The maximum atomic E-state index is 9.29. The van der Waals surface area contributed by atoms with Crippen molar-refractivity contribution in [3.8, 4) is 17.2 Å². The predicted molar refractivity (Wildman–Crippen MR) is 110 cm³/mol. The molecular weight excluding hydrogens is 370 g/mol. The van der Waals surface area contributed by atoms with Crippen LogP contribution in [0.5, 0.6) is 0 Å². The van der Waals surface area contributed by atoms with E-state index in [9.17, 15) is 5.26 Å². The first-order valence-electron chi connectivity index (χ1n) is 9.19. The van der Waals surface area contributed by atoms with E-state index < -0.39 is 0 Å². The molecule has 28 heavy (non-hydrogen) atoms. The summed E-state index contributed by atoms with van der Waals surface area (Å²) in [6, 6.07) is 18.3. The number of ether oxygens (including phenoxy) is 1. The summed E-state index contributed by atoms with van der Waals surface area (Å²) in [5.74, 6) is 1.71. The highest BCUT2D eigenvalue weighted by atomic mass is 32.2. The normalized spacial score (nSPS) is 14.1. The minimum absolute atomic E-state index is 0.694. The van der Waals surface area contributed by atoms with Gasteiger partial charge < -0.3 is 9.64 Å². The van der Waals surface area contributed by atoms with Gasteiger partial charge in [0.2, 0.25) is 5.95 Å². The first-order valence-corrected chi connectivity index (χ1v) is 10.2. The molecule has 0 aliphatic carbocycles. The summed E-state index contributed by atoms with van der Waals surface area (Å²) in [5, 5.41) is 18.9. The van der Waals surface area contributed by atoms with Crippen molar-refractivity contribution in [2.75, 3.05) is 31.2 Å². The van der Waals surface area contributed by atoms with Gasteiger partial charge in [0.05, 0.1) is 24.8 Å². The highest BCUT2D eigenvalue weighted by molar-refractivity contribution is 7.98. The van der Waals surface area contributed by atoms with Crippen molar-refractivity contribution in [1.29, 1.82) is 5.26 Å². The second kappa shape index (κ2) is 8.46. The number of hydrogen-bond acceptors (Lipinski definition) is 6. The summed E-state index contributed by atoms with van der Waals surface area (Å²) in [6.07, 6.45) is 0. The third kappa shape index (κ3) is 3.88. The number of thioether (sulfide) groups is 1. The Kier molecular flexibility index (Phi) is 5.60. The molecule has 6 nitrogen and oxygen atoms in total. The van der Waals surface area contributed by atoms with E-state index in [2.05, 4.69) is 45.4 Å². The zero-order valence-electron chi connectivity index (χ0n) is 15.7. The van der Waals surface area contributed by atoms with E-state index in [0.29, 0.717) is 5.56 Å². The fourth-order valence-electron chi connectivity index (χ4n) is 3.23. The zero-order chi connectivity index (χ0) is 19.3. The number of hydrogen-bond donors (Lipinski definition) is 0. The van der Waals surface area contributed by atoms with Gasteiger partial charge >= 0.3 is 0 Å². The number of nitrogens with zero attached hydrogens (tertiary/aromatic N) is 5. The average molecular weight is 392 g/mol. The van der Waals surface area contributed by atoms with Crippen molar-refractivity contribution in [3.63, 3.8) is 0 Å². The number of benzene rings is 2. The van der Waals surface area contributed by atoms with Crippen LogP contribution in [0, 0.1) is 11.3 Å². The lowest BCUT2D eigenvalue weighted by Gasteiger charge is -2.27. The largest absolute Gasteiger partial charge is 0.378 e. The maximum Gasteiger partial charge on any atom is 0.227 e. The van der Waals surface area contributed by atoms with Crippen LogP contribution in [0.3, 0.4) is 0 Å². The molecule has 0 radical (unpaired) electrons. The van der Waals surface area contributed by atoms with Gasteiger partial charge in [-0.25, -0.2) is 0 Å². The lowest BCUT2D eigenvalue weighted by Crippen LogP contribution is -2.37. The summed E-state index contributed by atoms with van der Waals surface area (Å²) < 4.78 is 7.46. The van der Waals surface area contributed by atoms with E-state index in [-0.39, 0.29) is 0 Å². The summed E-state index contributed by atoms with van der Waals surface area (Å²) in [7, 11) is 2.01. The van der Waals surface area contributed by atoms with Gasteiger partial charge in [-0.15, -0.1) is 10.2 Å². The average Bonchev–Trinajstić information content (AvgIpc) is 3.13. The molecule has 142 valence electrons. The number of nitriles is 1. The summed E-state index contributed by atoms with van der Waals surface area (Å²) >= 11 is 1.67. The molecule has 0 saturated carbocycles. The van der Waals surface area contributed by atoms with E-state index in [1.165, 1.54) is 5.56 Å². The highest BCUT2D eigenvalue weighted by Crippen LogP contribution is 2.27. The molecule has 2 aromatic carbocycles. The smallest absolute Gasteiger partial charge is 0.227 e. The van der Waals surface area contributed by atoms with E-state index in [0.717, 1.165) is 54.3 Å². The standard InChI is InChI=1S/C21H21N5OS/c1-25-20(26-10-12-27-13-11-26)23-24-21(25)28-15-16-6-8-17(9-7-16)19-5-3-2-4-18(19)14-22/h2-9H,10-13,15H2,1H3. The fraction of sp³-hybridized carbons (Fsp3) is 0.286. The Morgan fingerprint density at radius 3 is 2.57 bits per heavy atom. The molecule has 1 aliphatic heterocycles. The van der Waals surface area contributed by atoms with Crippen LogP contribution in [0.25, 0.3) is 11.1 Å². The van der Waals surface area contributed by atoms with Gasteiger partial charge in [-0.05, 0) is 22.8 Å². The Bertz CT molecular complexity index is 987. The number of rotatable bonds is 5. The molecule has 7 heteroatoms. The number of anilines is 1. The Balaban J connectivity index is 1.43. The molecule has 0 spiro atoms.